The van der Waals surface area contributed by atoms with E-state index < -0.39 is 4.92 Å². The van der Waals surface area contributed by atoms with Crippen LogP contribution >= 0.6 is 11.8 Å². The Bertz CT molecular complexity index is 1020. The van der Waals surface area contributed by atoms with Gasteiger partial charge in [-0.1, -0.05) is 30.0 Å². The van der Waals surface area contributed by atoms with Crippen LogP contribution in [-0.2, 0) is 4.79 Å². The molecule has 1 aliphatic rings. The lowest BCUT2D eigenvalue weighted by molar-refractivity contribution is -0.384. The van der Waals surface area contributed by atoms with Gasteiger partial charge in [0, 0.05) is 49.6 Å². The molecule has 0 spiro atoms. The van der Waals surface area contributed by atoms with Crippen molar-refractivity contribution in [1.82, 2.24) is 15.1 Å². The van der Waals surface area contributed by atoms with E-state index in [9.17, 15) is 14.9 Å². The zero-order chi connectivity index (χ0) is 20.9. The van der Waals surface area contributed by atoms with Crippen molar-refractivity contribution in [2.75, 3.05) is 36.8 Å². The number of benzene rings is 2. The maximum Gasteiger partial charge on any atom is 0.277 e. The fourth-order valence-electron chi connectivity index (χ4n) is 3.18. The molecule has 9 nitrogen and oxygen atoms in total. The molecule has 1 amide bonds. The Labute approximate surface area is 176 Å². The first-order valence-electron chi connectivity index (χ1n) is 9.39. The lowest BCUT2D eigenvalue weighted by Crippen LogP contribution is -2.49. The third-order valence-corrected chi connectivity index (χ3v) is 5.61. The summed E-state index contributed by atoms with van der Waals surface area (Å²) < 4.78 is 5.62. The average Bonchev–Trinajstić information content (AvgIpc) is 3.27. The topological polar surface area (TPSA) is 106 Å². The molecule has 0 aliphatic carbocycles. The van der Waals surface area contributed by atoms with Crippen molar-refractivity contribution in [3.63, 3.8) is 0 Å². The lowest BCUT2D eigenvalue weighted by atomic mass is 10.2. The van der Waals surface area contributed by atoms with E-state index in [1.54, 1.807) is 12.1 Å². The van der Waals surface area contributed by atoms with E-state index in [0.29, 0.717) is 37.3 Å². The van der Waals surface area contributed by atoms with Crippen LogP contribution in [0, 0.1) is 10.1 Å². The number of carbonyl (C=O) groups excluding carboxylic acids is 1. The van der Waals surface area contributed by atoms with Crippen LogP contribution in [0.4, 0.5) is 11.4 Å². The minimum Gasteiger partial charge on any atom is -0.411 e. The van der Waals surface area contributed by atoms with Gasteiger partial charge in [0.1, 0.15) is 0 Å². The van der Waals surface area contributed by atoms with E-state index in [0.717, 1.165) is 11.3 Å². The molecular weight excluding hydrogens is 406 g/mol. The van der Waals surface area contributed by atoms with Crippen LogP contribution in [0.25, 0.3) is 11.5 Å². The highest BCUT2D eigenvalue weighted by Gasteiger charge is 2.22. The monoisotopic (exact) mass is 425 g/mol. The number of hydrogen-bond donors (Lipinski definition) is 0. The molecule has 1 fully saturated rings. The summed E-state index contributed by atoms with van der Waals surface area (Å²) >= 11 is 1.23. The van der Waals surface area contributed by atoms with Crippen molar-refractivity contribution < 1.29 is 14.1 Å². The molecule has 0 atom stereocenters. The first-order valence-corrected chi connectivity index (χ1v) is 10.4. The number of nitro groups is 1. The summed E-state index contributed by atoms with van der Waals surface area (Å²) in [5.74, 6) is 0.679. The van der Waals surface area contributed by atoms with Crippen molar-refractivity contribution in [2.24, 2.45) is 0 Å². The number of thioether (sulfide) groups is 1. The Morgan fingerprint density at radius 1 is 1.03 bits per heavy atom. The summed E-state index contributed by atoms with van der Waals surface area (Å²) in [5, 5.41) is 19.2. The number of hydrogen-bond acceptors (Lipinski definition) is 8. The molecule has 0 unspecified atom stereocenters. The number of carbonyl (C=O) groups is 1. The molecule has 154 valence electrons. The first kappa shape index (κ1) is 19.9. The van der Waals surface area contributed by atoms with Gasteiger partial charge in [0.05, 0.1) is 10.7 Å². The Morgan fingerprint density at radius 2 is 1.73 bits per heavy atom. The Hall–Kier alpha value is -3.40. The highest BCUT2D eigenvalue weighted by Crippen LogP contribution is 2.24. The number of rotatable bonds is 6. The molecule has 1 aromatic heterocycles. The number of nitrogens with zero attached hydrogens (tertiary/aromatic N) is 5. The fourth-order valence-corrected chi connectivity index (χ4v) is 3.85. The van der Waals surface area contributed by atoms with Crippen LogP contribution in [0.5, 0.6) is 0 Å². The Kier molecular flexibility index (Phi) is 5.94. The van der Waals surface area contributed by atoms with Gasteiger partial charge in [0.2, 0.25) is 11.8 Å². The maximum atomic E-state index is 12.5. The molecule has 3 aromatic rings. The highest BCUT2D eigenvalue weighted by atomic mass is 32.2. The zero-order valence-electron chi connectivity index (χ0n) is 16.0. The van der Waals surface area contributed by atoms with Crippen LogP contribution in [0.15, 0.2) is 64.2 Å². The molecule has 10 heteroatoms. The Morgan fingerprint density at radius 3 is 2.40 bits per heavy atom. The van der Waals surface area contributed by atoms with Crippen molar-refractivity contribution >= 4 is 29.0 Å². The predicted molar refractivity (Wildman–Crippen MR) is 112 cm³/mol. The average molecular weight is 425 g/mol. The SMILES string of the molecule is O=C(CSc1nnc(-c2ccccc2)o1)N1CCN(c2ccc([N+](=O)[O-])cc2)CC1. The van der Waals surface area contributed by atoms with E-state index in [2.05, 4.69) is 15.1 Å². The Balaban J connectivity index is 1.26. The van der Waals surface area contributed by atoms with Crippen molar-refractivity contribution in [2.45, 2.75) is 5.22 Å². The molecule has 2 aromatic carbocycles. The van der Waals surface area contributed by atoms with Gasteiger partial charge < -0.3 is 14.2 Å². The van der Waals surface area contributed by atoms with E-state index in [-0.39, 0.29) is 17.3 Å². The first-order chi connectivity index (χ1) is 14.6. The van der Waals surface area contributed by atoms with Crippen molar-refractivity contribution in [3.8, 4) is 11.5 Å². The molecule has 1 saturated heterocycles. The van der Waals surface area contributed by atoms with E-state index in [1.165, 1.54) is 23.9 Å². The van der Waals surface area contributed by atoms with Gasteiger partial charge in [0.15, 0.2) is 0 Å². The van der Waals surface area contributed by atoms with Gasteiger partial charge in [0.25, 0.3) is 10.9 Å². The molecular formula is C20H19N5O4S. The summed E-state index contributed by atoms with van der Waals surface area (Å²) in [7, 11) is 0. The molecule has 2 heterocycles. The second kappa shape index (κ2) is 8.95. The number of amides is 1. The maximum absolute atomic E-state index is 12.5. The summed E-state index contributed by atoms with van der Waals surface area (Å²) in [6, 6.07) is 16.0. The van der Waals surface area contributed by atoms with Gasteiger partial charge in [-0.3, -0.25) is 14.9 Å². The number of aromatic nitrogens is 2. The second-order valence-corrected chi connectivity index (χ2v) is 7.60. The van der Waals surface area contributed by atoms with Crippen LogP contribution in [-0.4, -0.2) is 57.9 Å². The molecule has 0 radical (unpaired) electrons. The number of anilines is 1. The lowest BCUT2D eigenvalue weighted by Gasteiger charge is -2.36. The third-order valence-electron chi connectivity index (χ3n) is 4.80. The predicted octanol–water partition coefficient (Wildman–Crippen LogP) is 3.09. The fraction of sp³-hybridized carbons (Fsp3) is 0.250. The zero-order valence-corrected chi connectivity index (χ0v) is 16.8. The molecule has 4 rings (SSSR count). The van der Waals surface area contributed by atoms with E-state index in [4.69, 9.17) is 4.42 Å². The van der Waals surface area contributed by atoms with Gasteiger partial charge >= 0.3 is 0 Å². The number of non-ortho nitro benzene ring substituents is 1. The molecule has 0 saturated carbocycles. The van der Waals surface area contributed by atoms with E-state index in [1.807, 2.05) is 35.2 Å². The van der Waals surface area contributed by atoms with Crippen LogP contribution < -0.4 is 4.90 Å². The minimum absolute atomic E-state index is 0.0165. The molecule has 0 bridgehead atoms. The van der Waals surface area contributed by atoms with E-state index >= 15 is 0 Å². The largest absolute Gasteiger partial charge is 0.411 e. The van der Waals surface area contributed by atoms with Crippen LogP contribution in [0.1, 0.15) is 0 Å². The summed E-state index contributed by atoms with van der Waals surface area (Å²) in [6.07, 6.45) is 0. The number of nitro benzene ring substituents is 1. The smallest absolute Gasteiger partial charge is 0.277 e. The van der Waals surface area contributed by atoms with Crippen molar-refractivity contribution in [3.05, 3.63) is 64.7 Å². The van der Waals surface area contributed by atoms with Gasteiger partial charge in [-0.05, 0) is 24.3 Å². The quantitative estimate of drug-likeness (QED) is 0.337. The minimum atomic E-state index is -0.412. The highest BCUT2D eigenvalue weighted by molar-refractivity contribution is 7.99. The van der Waals surface area contributed by atoms with Crippen LogP contribution in [0.2, 0.25) is 0 Å². The molecule has 30 heavy (non-hydrogen) atoms. The normalized spacial score (nSPS) is 14.0. The standard InChI is InChI=1S/C20H19N5O4S/c26-18(14-30-20-22-21-19(29-20)15-4-2-1-3-5-15)24-12-10-23(11-13-24)16-6-8-17(9-7-16)25(27)28/h1-9H,10-14H2. The summed E-state index contributed by atoms with van der Waals surface area (Å²) in [4.78, 5) is 26.8. The summed E-state index contributed by atoms with van der Waals surface area (Å²) in [5.41, 5.74) is 1.83. The molecule has 1 aliphatic heterocycles. The van der Waals surface area contributed by atoms with Gasteiger partial charge in [-0.2, -0.15) is 0 Å². The summed E-state index contributed by atoms with van der Waals surface area (Å²) in [6.45, 7) is 2.53. The second-order valence-electron chi connectivity index (χ2n) is 6.67. The van der Waals surface area contributed by atoms with Gasteiger partial charge in [-0.15, -0.1) is 10.2 Å². The molecule has 0 N–H and O–H groups in total. The number of piperazine rings is 1. The van der Waals surface area contributed by atoms with Crippen molar-refractivity contribution in [1.29, 1.82) is 0 Å². The van der Waals surface area contributed by atoms with Gasteiger partial charge in [-0.25, -0.2) is 0 Å². The van der Waals surface area contributed by atoms with Crippen LogP contribution in [0.3, 0.4) is 0 Å². The third kappa shape index (κ3) is 4.60.